The molecular weight excluding hydrogens is 466 g/mol. The Bertz CT molecular complexity index is 1180. The number of hydrogen-bond donors (Lipinski definition) is 1. The van der Waals surface area contributed by atoms with Gasteiger partial charge in [-0.05, 0) is 50.1 Å². The molecule has 1 aromatic heterocycles. The molecule has 1 N–H and O–H groups in total. The van der Waals surface area contributed by atoms with Crippen molar-refractivity contribution in [2.24, 2.45) is 0 Å². The second-order valence-electron chi connectivity index (χ2n) is 7.45. The van der Waals surface area contributed by atoms with E-state index in [9.17, 15) is 14.7 Å². The van der Waals surface area contributed by atoms with E-state index in [-0.39, 0.29) is 18.0 Å². The zero-order chi connectivity index (χ0) is 21.4. The summed E-state index contributed by atoms with van der Waals surface area (Å²) in [5, 5.41) is 10.4. The summed E-state index contributed by atoms with van der Waals surface area (Å²) in [5.74, 6) is -0.0151. The van der Waals surface area contributed by atoms with Crippen molar-refractivity contribution in [2.45, 2.75) is 43.3 Å². The van der Waals surface area contributed by atoms with Crippen LogP contribution in [0.1, 0.15) is 19.4 Å². The molecule has 1 aliphatic heterocycles. The number of carbonyl (C=O) groups is 1. The van der Waals surface area contributed by atoms with Crippen LogP contribution >= 0.6 is 27.7 Å². The summed E-state index contributed by atoms with van der Waals surface area (Å²) in [7, 11) is 0. The Kier molecular flexibility index (Phi) is 5.99. The first kappa shape index (κ1) is 21.1. The number of fused-ring (bicyclic) bond motifs is 2. The number of nitrogens with zero attached hydrogens (tertiary/aromatic N) is 3. The van der Waals surface area contributed by atoms with Gasteiger partial charge in [0.15, 0.2) is 5.16 Å². The number of thioether (sulfide) groups is 1. The van der Waals surface area contributed by atoms with Crippen LogP contribution in [0.2, 0.25) is 0 Å². The molecule has 8 heteroatoms. The number of aromatic nitrogens is 2. The van der Waals surface area contributed by atoms with Crippen LogP contribution < -0.4 is 10.5 Å². The zero-order valence-electron chi connectivity index (χ0n) is 16.7. The van der Waals surface area contributed by atoms with Crippen molar-refractivity contribution in [1.29, 1.82) is 0 Å². The van der Waals surface area contributed by atoms with Gasteiger partial charge in [-0.25, -0.2) is 4.98 Å². The lowest BCUT2D eigenvalue weighted by Gasteiger charge is -2.22. The first-order valence-electron chi connectivity index (χ1n) is 9.79. The number of aliphatic hydroxyl groups is 1. The van der Waals surface area contributed by atoms with E-state index in [1.54, 1.807) is 19.1 Å². The molecule has 30 heavy (non-hydrogen) atoms. The van der Waals surface area contributed by atoms with Crippen molar-refractivity contribution in [3.05, 3.63) is 62.9 Å². The monoisotopic (exact) mass is 487 g/mol. The van der Waals surface area contributed by atoms with Crippen LogP contribution in [-0.4, -0.2) is 38.5 Å². The van der Waals surface area contributed by atoms with Crippen LogP contribution in [-0.2, 0) is 17.8 Å². The number of para-hydroxylation sites is 1. The number of benzene rings is 2. The summed E-state index contributed by atoms with van der Waals surface area (Å²) in [6.45, 7) is 4.23. The van der Waals surface area contributed by atoms with Crippen LogP contribution in [0.15, 0.2) is 56.9 Å². The van der Waals surface area contributed by atoms with E-state index >= 15 is 0 Å². The zero-order valence-corrected chi connectivity index (χ0v) is 19.1. The number of hydrogen-bond acceptors (Lipinski definition) is 5. The largest absolute Gasteiger partial charge is 0.392 e. The highest BCUT2D eigenvalue weighted by molar-refractivity contribution is 9.10. The number of aliphatic hydroxyl groups excluding tert-OH is 1. The molecule has 3 aromatic rings. The molecule has 6 nitrogen and oxygen atoms in total. The highest BCUT2D eigenvalue weighted by Gasteiger charge is 2.29. The Morgan fingerprint density at radius 1 is 1.27 bits per heavy atom. The molecule has 2 heterocycles. The van der Waals surface area contributed by atoms with E-state index < -0.39 is 11.4 Å². The van der Waals surface area contributed by atoms with E-state index in [2.05, 4.69) is 20.9 Å². The molecule has 0 aliphatic carbocycles. The molecular formula is C22H22BrN3O3S. The standard InChI is InChI=1S/C22H22BrN3O3S/c1-13(27)12-26-21(29)17-11-16(23)7-8-18(17)24-22(26)30-14(2)20(28)25-10-9-15-5-3-4-6-19(15)25/h3-8,11,13-14,27H,9-10,12H2,1-2H3/t13-,14-/m1/s1. The Balaban J connectivity index is 1.68. The Hall–Kier alpha value is -2.16. The van der Waals surface area contributed by atoms with Crippen LogP contribution in [0.25, 0.3) is 10.9 Å². The van der Waals surface area contributed by atoms with Crippen molar-refractivity contribution >= 4 is 50.2 Å². The lowest BCUT2D eigenvalue weighted by molar-refractivity contribution is -0.117. The van der Waals surface area contributed by atoms with Crippen LogP contribution in [0, 0.1) is 0 Å². The molecule has 0 saturated carbocycles. The van der Waals surface area contributed by atoms with Crippen molar-refractivity contribution in [2.75, 3.05) is 11.4 Å². The third-order valence-corrected chi connectivity index (χ3v) is 6.68. The number of halogens is 1. The smallest absolute Gasteiger partial charge is 0.262 e. The van der Waals surface area contributed by atoms with Crippen molar-refractivity contribution < 1.29 is 9.90 Å². The molecule has 1 aliphatic rings. The fraction of sp³-hybridized carbons (Fsp3) is 0.318. The van der Waals surface area contributed by atoms with Gasteiger partial charge in [-0.2, -0.15) is 0 Å². The normalized spacial score (nSPS) is 15.3. The van der Waals surface area contributed by atoms with Crippen LogP contribution in [0.5, 0.6) is 0 Å². The summed E-state index contributed by atoms with van der Waals surface area (Å²) in [5.41, 5.74) is 2.46. The van der Waals surface area contributed by atoms with Gasteiger partial charge in [-0.1, -0.05) is 45.9 Å². The lowest BCUT2D eigenvalue weighted by atomic mass is 10.2. The number of carbonyl (C=O) groups excluding carboxylic acids is 1. The Morgan fingerprint density at radius 2 is 2.03 bits per heavy atom. The van der Waals surface area contributed by atoms with Gasteiger partial charge in [0.25, 0.3) is 5.56 Å². The number of amides is 1. The molecule has 0 saturated heterocycles. The summed E-state index contributed by atoms with van der Waals surface area (Å²) in [6, 6.07) is 13.3. The fourth-order valence-corrected chi connectivity index (χ4v) is 5.02. The molecule has 2 aromatic carbocycles. The molecule has 4 rings (SSSR count). The second kappa shape index (κ2) is 8.53. The molecule has 0 spiro atoms. The highest BCUT2D eigenvalue weighted by Crippen LogP contribution is 2.31. The van der Waals surface area contributed by atoms with E-state index in [0.717, 1.165) is 16.6 Å². The molecule has 1 amide bonds. The first-order chi connectivity index (χ1) is 14.3. The van der Waals surface area contributed by atoms with Crippen LogP contribution in [0.4, 0.5) is 5.69 Å². The molecule has 0 fully saturated rings. The minimum absolute atomic E-state index is 0.0151. The van der Waals surface area contributed by atoms with Crippen molar-refractivity contribution in [3.8, 4) is 0 Å². The molecule has 0 bridgehead atoms. The van der Waals surface area contributed by atoms with E-state index in [1.165, 1.54) is 21.9 Å². The number of anilines is 1. The molecule has 0 unspecified atom stereocenters. The summed E-state index contributed by atoms with van der Waals surface area (Å²) in [4.78, 5) is 32.7. The maximum Gasteiger partial charge on any atom is 0.262 e. The fourth-order valence-electron chi connectivity index (χ4n) is 3.68. The van der Waals surface area contributed by atoms with Crippen LogP contribution in [0.3, 0.4) is 0 Å². The highest BCUT2D eigenvalue weighted by atomic mass is 79.9. The number of rotatable bonds is 5. The van der Waals surface area contributed by atoms with Gasteiger partial charge in [0.2, 0.25) is 5.91 Å². The van der Waals surface area contributed by atoms with E-state index in [1.807, 2.05) is 42.2 Å². The van der Waals surface area contributed by atoms with Gasteiger partial charge in [0, 0.05) is 16.7 Å². The molecule has 2 atom stereocenters. The Morgan fingerprint density at radius 3 is 2.80 bits per heavy atom. The summed E-state index contributed by atoms with van der Waals surface area (Å²) >= 11 is 4.64. The lowest BCUT2D eigenvalue weighted by Crippen LogP contribution is -2.36. The van der Waals surface area contributed by atoms with Crippen molar-refractivity contribution in [3.63, 3.8) is 0 Å². The average molecular weight is 488 g/mol. The van der Waals surface area contributed by atoms with E-state index in [0.29, 0.717) is 22.6 Å². The maximum absolute atomic E-state index is 13.2. The van der Waals surface area contributed by atoms with Gasteiger partial charge in [-0.3, -0.25) is 14.2 Å². The SMILES string of the molecule is C[C@@H](O)Cn1c(S[C@H](C)C(=O)N2CCc3ccccc32)nc2ccc(Br)cc2c1=O. The quantitative estimate of drug-likeness (QED) is 0.439. The minimum Gasteiger partial charge on any atom is -0.392 e. The predicted molar refractivity (Wildman–Crippen MR) is 123 cm³/mol. The van der Waals surface area contributed by atoms with Gasteiger partial charge in [-0.15, -0.1) is 0 Å². The van der Waals surface area contributed by atoms with Gasteiger partial charge in [0.05, 0.1) is 28.8 Å². The maximum atomic E-state index is 13.2. The van der Waals surface area contributed by atoms with Gasteiger partial charge < -0.3 is 10.0 Å². The third kappa shape index (κ3) is 4.04. The van der Waals surface area contributed by atoms with Gasteiger partial charge >= 0.3 is 0 Å². The Labute approximate surface area is 187 Å². The third-order valence-electron chi connectivity index (χ3n) is 5.11. The second-order valence-corrected chi connectivity index (χ2v) is 9.67. The average Bonchev–Trinajstić information content (AvgIpc) is 3.14. The molecule has 0 radical (unpaired) electrons. The van der Waals surface area contributed by atoms with E-state index in [4.69, 9.17) is 0 Å². The summed E-state index contributed by atoms with van der Waals surface area (Å²) < 4.78 is 2.25. The topological polar surface area (TPSA) is 75.4 Å². The summed E-state index contributed by atoms with van der Waals surface area (Å²) in [6.07, 6.45) is 0.125. The predicted octanol–water partition coefficient (Wildman–Crippen LogP) is 3.61. The van der Waals surface area contributed by atoms with Crippen molar-refractivity contribution in [1.82, 2.24) is 9.55 Å². The molecule has 156 valence electrons. The first-order valence-corrected chi connectivity index (χ1v) is 11.5. The van der Waals surface area contributed by atoms with Gasteiger partial charge in [0.1, 0.15) is 0 Å². The minimum atomic E-state index is -0.718.